The van der Waals surface area contributed by atoms with E-state index in [1.807, 2.05) is 19.2 Å². The summed E-state index contributed by atoms with van der Waals surface area (Å²) in [5.74, 6) is 1.10. The molecule has 2 N–H and O–H groups in total. The molecule has 0 amide bonds. The molecule has 0 atom stereocenters. The average Bonchev–Trinajstić information content (AvgIpc) is 3.22. The largest absolute Gasteiger partial charge is 0.494 e. The van der Waals surface area contributed by atoms with Gasteiger partial charge in [0.15, 0.2) is 11.0 Å². The zero-order chi connectivity index (χ0) is 23.2. The Labute approximate surface area is 206 Å². The smallest absolute Gasteiger partial charge is 0.180 e. The zero-order valence-corrected chi connectivity index (χ0v) is 20.3. The van der Waals surface area contributed by atoms with Crippen LogP contribution in [0.15, 0.2) is 43.0 Å². The van der Waals surface area contributed by atoms with Crippen LogP contribution >= 0.6 is 34.5 Å². The van der Waals surface area contributed by atoms with Crippen LogP contribution in [0.4, 0.5) is 5.13 Å². The molecule has 0 bridgehead atoms. The van der Waals surface area contributed by atoms with Crippen LogP contribution in [-0.4, -0.2) is 31.5 Å². The molecule has 0 radical (unpaired) electrons. The first-order valence-electron chi connectivity index (χ1n) is 10.5. The summed E-state index contributed by atoms with van der Waals surface area (Å²) in [7, 11) is 0. The molecule has 0 fully saturated rings. The molecule has 0 saturated carbocycles. The fourth-order valence-electron chi connectivity index (χ4n) is 3.26. The second kappa shape index (κ2) is 10.9. The SMILES string of the molecule is CCCOc1cc(Cl)c(-c2cc(CCCc3cnc(N)s3)nc(-c3cnccn3)n2)c(Cl)c1. The van der Waals surface area contributed by atoms with Crippen molar-refractivity contribution in [3.63, 3.8) is 0 Å². The lowest BCUT2D eigenvalue weighted by Gasteiger charge is -2.13. The maximum absolute atomic E-state index is 6.62. The number of nitrogens with zero attached hydrogens (tertiary/aromatic N) is 5. The van der Waals surface area contributed by atoms with Crippen LogP contribution in [0.1, 0.15) is 30.3 Å². The summed E-state index contributed by atoms with van der Waals surface area (Å²) >= 11 is 14.7. The van der Waals surface area contributed by atoms with Gasteiger partial charge in [0.2, 0.25) is 0 Å². The summed E-state index contributed by atoms with van der Waals surface area (Å²) in [4.78, 5) is 23.2. The van der Waals surface area contributed by atoms with Crippen LogP contribution in [0.2, 0.25) is 10.0 Å². The third-order valence-corrected chi connectivity index (χ3v) is 6.23. The maximum Gasteiger partial charge on any atom is 0.180 e. The average molecular weight is 501 g/mol. The molecule has 170 valence electrons. The molecular formula is C23H22Cl2N6OS. The summed E-state index contributed by atoms with van der Waals surface area (Å²) < 4.78 is 5.69. The van der Waals surface area contributed by atoms with E-state index in [2.05, 4.69) is 15.0 Å². The third-order valence-electron chi connectivity index (χ3n) is 4.74. The van der Waals surface area contributed by atoms with Crippen molar-refractivity contribution in [3.05, 3.63) is 63.6 Å². The molecule has 7 nitrogen and oxygen atoms in total. The summed E-state index contributed by atoms with van der Waals surface area (Å²) in [6.45, 7) is 2.63. The van der Waals surface area contributed by atoms with E-state index in [1.54, 1.807) is 30.7 Å². The monoisotopic (exact) mass is 500 g/mol. The second-order valence-corrected chi connectivity index (χ2v) is 9.25. The number of nitrogen functional groups attached to an aromatic ring is 1. The maximum atomic E-state index is 6.62. The first kappa shape index (κ1) is 23.4. The Kier molecular flexibility index (Phi) is 7.69. The molecule has 0 aliphatic heterocycles. The first-order chi connectivity index (χ1) is 16.0. The quantitative estimate of drug-likeness (QED) is 0.304. The van der Waals surface area contributed by atoms with Crippen molar-refractivity contribution in [2.75, 3.05) is 12.3 Å². The molecule has 4 aromatic rings. The van der Waals surface area contributed by atoms with Crippen LogP contribution in [0.3, 0.4) is 0 Å². The Balaban J connectivity index is 1.67. The Hall–Kier alpha value is -2.81. The molecule has 0 aliphatic carbocycles. The number of hydrogen-bond acceptors (Lipinski definition) is 8. The highest BCUT2D eigenvalue weighted by atomic mass is 35.5. The Morgan fingerprint density at radius 3 is 2.45 bits per heavy atom. The van der Waals surface area contributed by atoms with Gasteiger partial charge in [-0.05, 0) is 43.9 Å². The molecule has 0 unspecified atom stereocenters. The van der Waals surface area contributed by atoms with E-state index in [-0.39, 0.29) is 0 Å². The van der Waals surface area contributed by atoms with E-state index in [0.29, 0.717) is 50.3 Å². The molecular weight excluding hydrogens is 479 g/mol. The van der Waals surface area contributed by atoms with Gasteiger partial charge in [-0.1, -0.05) is 30.1 Å². The van der Waals surface area contributed by atoms with Gasteiger partial charge in [-0.25, -0.2) is 19.9 Å². The fourth-order valence-corrected chi connectivity index (χ4v) is 4.65. The molecule has 4 rings (SSSR count). The summed E-state index contributed by atoms with van der Waals surface area (Å²) in [6, 6.07) is 5.44. The van der Waals surface area contributed by atoms with Crippen LogP contribution in [0.5, 0.6) is 5.75 Å². The number of thiazole rings is 1. The lowest BCUT2D eigenvalue weighted by atomic mass is 10.1. The zero-order valence-electron chi connectivity index (χ0n) is 18.0. The van der Waals surface area contributed by atoms with Gasteiger partial charge in [-0.2, -0.15) is 0 Å². The summed E-state index contributed by atoms with van der Waals surface area (Å²) in [5.41, 5.74) is 8.42. The summed E-state index contributed by atoms with van der Waals surface area (Å²) in [5, 5.41) is 1.50. The predicted octanol–water partition coefficient (Wildman–Crippen LogP) is 5.91. The highest BCUT2D eigenvalue weighted by molar-refractivity contribution is 7.15. The predicted molar refractivity (Wildman–Crippen MR) is 133 cm³/mol. The van der Waals surface area contributed by atoms with Gasteiger partial charge in [0, 0.05) is 34.7 Å². The fraction of sp³-hybridized carbons (Fsp3) is 0.261. The van der Waals surface area contributed by atoms with E-state index >= 15 is 0 Å². The number of nitrogens with two attached hydrogens (primary N) is 1. The van der Waals surface area contributed by atoms with Gasteiger partial charge in [0.05, 0.1) is 28.5 Å². The minimum absolute atomic E-state index is 0.462. The molecule has 0 saturated heterocycles. The standard InChI is InChI=1S/C23H22Cl2N6OS/c1-2-8-32-15-10-17(24)21(18(25)11-15)19-9-14(4-3-5-16-12-29-23(26)33-16)30-22(31-19)20-13-27-6-7-28-20/h6-7,9-13H,2-5,8H2,1H3,(H2,26,29). The van der Waals surface area contributed by atoms with Crippen LogP contribution in [0, 0.1) is 0 Å². The molecule has 1 aromatic carbocycles. The van der Waals surface area contributed by atoms with Crippen molar-refractivity contribution in [1.82, 2.24) is 24.9 Å². The van der Waals surface area contributed by atoms with E-state index < -0.39 is 0 Å². The Morgan fingerprint density at radius 1 is 0.970 bits per heavy atom. The number of aryl methyl sites for hydroxylation is 2. The highest BCUT2D eigenvalue weighted by Crippen LogP contribution is 2.38. The van der Waals surface area contributed by atoms with Crippen LogP contribution < -0.4 is 10.5 Å². The van der Waals surface area contributed by atoms with Crippen molar-refractivity contribution in [2.45, 2.75) is 32.6 Å². The molecule has 33 heavy (non-hydrogen) atoms. The Morgan fingerprint density at radius 2 is 1.79 bits per heavy atom. The normalized spacial score (nSPS) is 11.0. The highest BCUT2D eigenvalue weighted by Gasteiger charge is 2.17. The molecule has 0 aliphatic rings. The number of benzene rings is 1. The van der Waals surface area contributed by atoms with Crippen molar-refractivity contribution in [3.8, 4) is 28.5 Å². The lowest BCUT2D eigenvalue weighted by molar-refractivity contribution is 0.317. The van der Waals surface area contributed by atoms with Gasteiger partial charge >= 0.3 is 0 Å². The third kappa shape index (κ3) is 5.96. The van der Waals surface area contributed by atoms with Crippen molar-refractivity contribution in [2.24, 2.45) is 0 Å². The van der Waals surface area contributed by atoms with Crippen molar-refractivity contribution in [1.29, 1.82) is 0 Å². The second-order valence-electron chi connectivity index (χ2n) is 7.29. The van der Waals surface area contributed by atoms with Gasteiger partial charge in [0.25, 0.3) is 0 Å². The van der Waals surface area contributed by atoms with E-state index in [4.69, 9.17) is 43.6 Å². The minimum atomic E-state index is 0.462. The number of ether oxygens (including phenoxy) is 1. The van der Waals surface area contributed by atoms with Crippen LogP contribution in [0.25, 0.3) is 22.8 Å². The van der Waals surface area contributed by atoms with Crippen molar-refractivity contribution < 1.29 is 4.74 Å². The minimum Gasteiger partial charge on any atom is -0.494 e. The van der Waals surface area contributed by atoms with Gasteiger partial charge in [0.1, 0.15) is 11.4 Å². The lowest BCUT2D eigenvalue weighted by Crippen LogP contribution is -2.02. The molecule has 0 spiro atoms. The van der Waals surface area contributed by atoms with Crippen LogP contribution in [-0.2, 0) is 12.8 Å². The number of halogens is 2. The number of anilines is 1. The van der Waals surface area contributed by atoms with Crippen molar-refractivity contribution >= 4 is 39.7 Å². The Bertz CT molecular complexity index is 1210. The number of aromatic nitrogens is 5. The molecule has 3 aromatic heterocycles. The number of hydrogen-bond donors (Lipinski definition) is 1. The van der Waals surface area contributed by atoms with Gasteiger partial charge in [-0.3, -0.25) is 4.98 Å². The number of rotatable bonds is 9. The first-order valence-corrected chi connectivity index (χ1v) is 12.1. The van der Waals surface area contributed by atoms with E-state index in [0.717, 1.165) is 36.3 Å². The van der Waals surface area contributed by atoms with Gasteiger partial charge < -0.3 is 10.5 Å². The van der Waals surface area contributed by atoms with E-state index in [9.17, 15) is 0 Å². The topological polar surface area (TPSA) is 99.7 Å². The summed E-state index contributed by atoms with van der Waals surface area (Å²) in [6.07, 6.45) is 10.0. The van der Waals surface area contributed by atoms with E-state index in [1.165, 1.54) is 11.3 Å². The molecule has 3 heterocycles. The van der Waals surface area contributed by atoms with Gasteiger partial charge in [-0.15, -0.1) is 11.3 Å². The molecule has 10 heteroatoms.